The SMILES string of the molecule is Cc1cc(Br)c(NC(=O)c2c(C)cccc2N)c(Br)c1. The molecule has 2 aromatic rings. The van der Waals surface area contributed by atoms with E-state index < -0.39 is 0 Å². The van der Waals surface area contributed by atoms with Crippen molar-refractivity contribution < 1.29 is 4.79 Å². The molecule has 0 heterocycles. The third-order valence-corrected chi connectivity index (χ3v) is 4.21. The fourth-order valence-corrected chi connectivity index (χ4v) is 3.61. The molecule has 0 aliphatic carbocycles. The molecule has 0 atom stereocenters. The van der Waals surface area contributed by atoms with E-state index in [2.05, 4.69) is 37.2 Å². The molecule has 0 spiro atoms. The lowest BCUT2D eigenvalue weighted by molar-refractivity contribution is 0.102. The largest absolute Gasteiger partial charge is 0.398 e. The Bertz CT molecular complexity index is 640. The highest BCUT2D eigenvalue weighted by Crippen LogP contribution is 2.33. The Morgan fingerprint density at radius 3 is 2.30 bits per heavy atom. The molecule has 1 amide bonds. The summed E-state index contributed by atoms with van der Waals surface area (Å²) in [5.41, 5.74) is 9.51. The summed E-state index contributed by atoms with van der Waals surface area (Å²) in [5.74, 6) is -0.217. The number of aryl methyl sites for hydroxylation is 2. The Kier molecular flexibility index (Phi) is 4.50. The second-order valence-corrected chi connectivity index (χ2v) is 6.31. The summed E-state index contributed by atoms with van der Waals surface area (Å²) < 4.78 is 1.65. The normalized spacial score (nSPS) is 10.4. The van der Waals surface area contributed by atoms with Crippen molar-refractivity contribution in [1.29, 1.82) is 0 Å². The van der Waals surface area contributed by atoms with E-state index in [1.54, 1.807) is 6.07 Å². The van der Waals surface area contributed by atoms with Crippen LogP contribution < -0.4 is 11.1 Å². The molecule has 0 aliphatic rings. The van der Waals surface area contributed by atoms with E-state index >= 15 is 0 Å². The van der Waals surface area contributed by atoms with Crippen molar-refractivity contribution in [1.82, 2.24) is 0 Å². The minimum atomic E-state index is -0.217. The van der Waals surface area contributed by atoms with Gasteiger partial charge in [-0.2, -0.15) is 0 Å². The van der Waals surface area contributed by atoms with Crippen LogP contribution in [0, 0.1) is 13.8 Å². The molecule has 3 nitrogen and oxygen atoms in total. The second kappa shape index (κ2) is 5.97. The van der Waals surface area contributed by atoms with Gasteiger partial charge in [0.1, 0.15) is 0 Å². The number of nitrogen functional groups attached to an aromatic ring is 1. The van der Waals surface area contributed by atoms with Gasteiger partial charge >= 0.3 is 0 Å². The lowest BCUT2D eigenvalue weighted by atomic mass is 10.1. The van der Waals surface area contributed by atoms with E-state index in [4.69, 9.17) is 5.73 Å². The molecule has 0 saturated heterocycles. The second-order valence-electron chi connectivity index (χ2n) is 4.60. The Labute approximate surface area is 134 Å². The van der Waals surface area contributed by atoms with Crippen molar-refractivity contribution in [2.24, 2.45) is 0 Å². The van der Waals surface area contributed by atoms with Crippen LogP contribution in [0.5, 0.6) is 0 Å². The Balaban J connectivity index is 2.38. The maximum atomic E-state index is 12.4. The molecule has 0 aromatic heterocycles. The molecule has 104 valence electrons. The zero-order chi connectivity index (χ0) is 14.9. The lowest BCUT2D eigenvalue weighted by Crippen LogP contribution is -2.16. The average Bonchev–Trinajstić information content (AvgIpc) is 2.33. The summed E-state index contributed by atoms with van der Waals surface area (Å²) in [7, 11) is 0. The van der Waals surface area contributed by atoms with Crippen molar-refractivity contribution in [3.05, 3.63) is 56.0 Å². The summed E-state index contributed by atoms with van der Waals surface area (Å²) in [4.78, 5) is 12.4. The van der Waals surface area contributed by atoms with Gasteiger partial charge in [0.2, 0.25) is 0 Å². The number of nitrogens with one attached hydrogen (secondary N) is 1. The first kappa shape index (κ1) is 15.1. The number of hydrogen-bond acceptors (Lipinski definition) is 2. The monoisotopic (exact) mass is 396 g/mol. The molecule has 2 rings (SSSR count). The van der Waals surface area contributed by atoms with Crippen LogP contribution in [0.1, 0.15) is 21.5 Å². The number of hydrogen-bond donors (Lipinski definition) is 2. The van der Waals surface area contributed by atoms with E-state index in [0.29, 0.717) is 16.9 Å². The zero-order valence-electron chi connectivity index (χ0n) is 11.1. The van der Waals surface area contributed by atoms with E-state index in [-0.39, 0.29) is 5.91 Å². The predicted octanol–water partition coefficient (Wildman–Crippen LogP) is 4.66. The van der Waals surface area contributed by atoms with Crippen LogP contribution in [0.25, 0.3) is 0 Å². The topological polar surface area (TPSA) is 55.1 Å². The lowest BCUT2D eigenvalue weighted by Gasteiger charge is -2.13. The van der Waals surface area contributed by atoms with Crippen LogP contribution >= 0.6 is 31.9 Å². The Morgan fingerprint density at radius 1 is 1.15 bits per heavy atom. The van der Waals surface area contributed by atoms with Crippen LogP contribution in [0.4, 0.5) is 11.4 Å². The first-order chi connectivity index (χ1) is 9.40. The van der Waals surface area contributed by atoms with Crippen LogP contribution in [-0.2, 0) is 0 Å². The number of anilines is 2. The maximum absolute atomic E-state index is 12.4. The number of amides is 1. The molecular weight excluding hydrogens is 384 g/mol. The van der Waals surface area contributed by atoms with Gasteiger partial charge in [0, 0.05) is 14.6 Å². The van der Waals surface area contributed by atoms with E-state index in [9.17, 15) is 4.79 Å². The third-order valence-electron chi connectivity index (χ3n) is 2.96. The highest BCUT2D eigenvalue weighted by Gasteiger charge is 2.15. The van der Waals surface area contributed by atoms with Gasteiger partial charge in [0.25, 0.3) is 5.91 Å². The minimum Gasteiger partial charge on any atom is -0.398 e. The summed E-state index contributed by atoms with van der Waals surface area (Å²) >= 11 is 6.92. The van der Waals surface area contributed by atoms with Gasteiger partial charge in [-0.05, 0) is 75.0 Å². The zero-order valence-corrected chi connectivity index (χ0v) is 14.3. The number of halogens is 2. The van der Waals surface area contributed by atoms with E-state index in [1.807, 2.05) is 38.1 Å². The van der Waals surface area contributed by atoms with Crippen molar-refractivity contribution in [3.8, 4) is 0 Å². The highest BCUT2D eigenvalue weighted by molar-refractivity contribution is 9.11. The molecule has 0 saturated carbocycles. The summed E-state index contributed by atoms with van der Waals surface area (Å²) in [5, 5.41) is 2.89. The van der Waals surface area contributed by atoms with Gasteiger partial charge in [0.15, 0.2) is 0 Å². The Hall–Kier alpha value is -1.33. The molecule has 2 aromatic carbocycles. The maximum Gasteiger partial charge on any atom is 0.258 e. The smallest absolute Gasteiger partial charge is 0.258 e. The summed E-state index contributed by atoms with van der Waals surface area (Å²) in [6.45, 7) is 3.85. The van der Waals surface area contributed by atoms with Crippen LogP contribution in [0.3, 0.4) is 0 Å². The number of rotatable bonds is 2. The molecule has 0 aliphatic heterocycles. The van der Waals surface area contributed by atoms with Crippen LogP contribution in [0.2, 0.25) is 0 Å². The molecule has 5 heteroatoms. The molecule has 20 heavy (non-hydrogen) atoms. The molecular formula is C15H14Br2N2O. The number of carbonyl (C=O) groups excluding carboxylic acids is 1. The predicted molar refractivity (Wildman–Crippen MR) is 90.1 cm³/mol. The van der Waals surface area contributed by atoms with Crippen LogP contribution in [-0.4, -0.2) is 5.91 Å². The van der Waals surface area contributed by atoms with Crippen molar-refractivity contribution in [3.63, 3.8) is 0 Å². The fourth-order valence-electron chi connectivity index (χ4n) is 2.00. The van der Waals surface area contributed by atoms with Gasteiger partial charge in [-0.25, -0.2) is 0 Å². The van der Waals surface area contributed by atoms with Gasteiger partial charge in [-0.3, -0.25) is 4.79 Å². The quantitative estimate of drug-likeness (QED) is 0.723. The average molecular weight is 398 g/mol. The number of nitrogens with two attached hydrogens (primary N) is 1. The van der Waals surface area contributed by atoms with Gasteiger partial charge < -0.3 is 11.1 Å². The first-order valence-electron chi connectivity index (χ1n) is 6.02. The molecule has 0 fully saturated rings. The molecule has 0 bridgehead atoms. The van der Waals surface area contributed by atoms with Gasteiger partial charge in [-0.1, -0.05) is 12.1 Å². The molecule has 3 N–H and O–H groups in total. The van der Waals surface area contributed by atoms with Gasteiger partial charge in [-0.15, -0.1) is 0 Å². The van der Waals surface area contributed by atoms with Crippen molar-refractivity contribution >= 4 is 49.1 Å². The molecule has 0 radical (unpaired) electrons. The number of carbonyl (C=O) groups is 1. The standard InChI is InChI=1S/C15H14Br2N2O/c1-8-6-10(16)14(11(17)7-8)19-15(20)13-9(2)4-3-5-12(13)18/h3-7H,18H2,1-2H3,(H,19,20). The fraction of sp³-hybridized carbons (Fsp3) is 0.133. The summed E-state index contributed by atoms with van der Waals surface area (Å²) in [6, 6.07) is 9.31. The summed E-state index contributed by atoms with van der Waals surface area (Å²) in [6.07, 6.45) is 0. The van der Waals surface area contributed by atoms with Gasteiger partial charge in [0.05, 0.1) is 11.3 Å². The van der Waals surface area contributed by atoms with E-state index in [1.165, 1.54) is 0 Å². The van der Waals surface area contributed by atoms with Crippen molar-refractivity contribution in [2.45, 2.75) is 13.8 Å². The number of benzene rings is 2. The van der Waals surface area contributed by atoms with Crippen LogP contribution in [0.15, 0.2) is 39.3 Å². The van der Waals surface area contributed by atoms with Crippen molar-refractivity contribution in [2.75, 3.05) is 11.1 Å². The molecule has 0 unspecified atom stereocenters. The van der Waals surface area contributed by atoms with E-state index in [0.717, 1.165) is 20.1 Å². The first-order valence-corrected chi connectivity index (χ1v) is 7.61. The minimum absolute atomic E-state index is 0.217. The Morgan fingerprint density at radius 2 is 1.75 bits per heavy atom. The highest BCUT2D eigenvalue weighted by atomic mass is 79.9. The third kappa shape index (κ3) is 3.04.